The second kappa shape index (κ2) is 8.53. The van der Waals surface area contributed by atoms with E-state index in [9.17, 15) is 24.0 Å². The number of aliphatic hydroxyl groups is 1. The summed E-state index contributed by atoms with van der Waals surface area (Å²) >= 11 is -1.15. The van der Waals surface area contributed by atoms with Crippen LogP contribution in [0.15, 0.2) is 52.7 Å². The van der Waals surface area contributed by atoms with E-state index in [2.05, 4.69) is 4.98 Å². The van der Waals surface area contributed by atoms with E-state index in [1.807, 2.05) is 6.07 Å². The van der Waals surface area contributed by atoms with Crippen LogP contribution in [0.25, 0.3) is 11.4 Å². The van der Waals surface area contributed by atoms with Crippen molar-refractivity contribution in [2.24, 2.45) is 0 Å². The third-order valence-electron chi connectivity index (χ3n) is 4.54. The first-order valence-corrected chi connectivity index (χ1v) is 10.6. The van der Waals surface area contributed by atoms with E-state index in [0.717, 1.165) is 6.20 Å². The molecule has 0 radical (unpaired) electrons. The van der Waals surface area contributed by atoms with Crippen LogP contribution in [0.5, 0.6) is 0 Å². The number of carbonyl (C=O) groups excluding carboxylic acids is 2. The van der Waals surface area contributed by atoms with Gasteiger partial charge < -0.3 is 9.66 Å². The standard InChI is InChI=1S/C20H20N2O5S/c1-28(27)11-10-22-19(13-6-3-2-4-7-13)21-12-14(20(22)26)18(25)17-15(23)8-5-9-16(17)24/h2-4,6-7,12,23H,5,8-11H2,1H3. The Morgan fingerprint density at radius 2 is 1.96 bits per heavy atom. The van der Waals surface area contributed by atoms with Gasteiger partial charge in [0.2, 0.25) is 5.78 Å². The van der Waals surface area contributed by atoms with Gasteiger partial charge in [0.05, 0.1) is 12.8 Å². The van der Waals surface area contributed by atoms with Gasteiger partial charge in [0, 0.05) is 24.6 Å². The predicted molar refractivity (Wildman–Crippen MR) is 106 cm³/mol. The monoisotopic (exact) mass is 400 g/mol. The maximum absolute atomic E-state index is 13.1. The number of benzene rings is 1. The van der Waals surface area contributed by atoms with Crippen LogP contribution in [0.1, 0.15) is 29.6 Å². The van der Waals surface area contributed by atoms with Crippen molar-refractivity contribution in [3.05, 3.63) is 63.8 Å². The molecule has 1 aromatic heterocycles. The Morgan fingerprint density at radius 1 is 1.25 bits per heavy atom. The summed E-state index contributed by atoms with van der Waals surface area (Å²) in [5, 5.41) is 10.0. The van der Waals surface area contributed by atoms with Crippen molar-refractivity contribution < 1.29 is 19.2 Å². The van der Waals surface area contributed by atoms with E-state index in [0.29, 0.717) is 17.8 Å². The minimum absolute atomic E-state index is 0.110. The number of Topliss-reactive ketones (excluding diaryl/α,β-unsaturated/α-hetero) is 2. The molecule has 3 rings (SSSR count). The molecular weight excluding hydrogens is 380 g/mol. The zero-order valence-corrected chi connectivity index (χ0v) is 16.2. The third kappa shape index (κ3) is 4.07. The summed E-state index contributed by atoms with van der Waals surface area (Å²) in [6.45, 7) is 0.110. The Bertz CT molecular complexity index is 995. The zero-order valence-electron chi connectivity index (χ0n) is 15.4. The smallest absolute Gasteiger partial charge is 0.265 e. The van der Waals surface area contributed by atoms with Crippen molar-refractivity contribution in [2.75, 3.05) is 12.0 Å². The summed E-state index contributed by atoms with van der Waals surface area (Å²) in [7, 11) is 0. The third-order valence-corrected chi connectivity index (χ3v) is 5.30. The van der Waals surface area contributed by atoms with Crippen LogP contribution in [0.4, 0.5) is 0 Å². The number of hydrogen-bond donors (Lipinski definition) is 1. The number of aromatic nitrogens is 2. The highest BCUT2D eigenvalue weighted by Crippen LogP contribution is 2.23. The fourth-order valence-corrected chi connectivity index (χ4v) is 3.55. The van der Waals surface area contributed by atoms with Crippen molar-refractivity contribution in [1.82, 2.24) is 9.55 Å². The molecule has 1 aromatic carbocycles. The highest BCUT2D eigenvalue weighted by atomic mass is 32.2. The lowest BCUT2D eigenvalue weighted by Gasteiger charge is -2.16. The van der Waals surface area contributed by atoms with Crippen LogP contribution >= 0.6 is 0 Å². The van der Waals surface area contributed by atoms with Crippen molar-refractivity contribution >= 4 is 22.7 Å². The first kappa shape index (κ1) is 20.0. The molecule has 0 saturated heterocycles. The average Bonchev–Trinajstić information content (AvgIpc) is 2.67. The van der Waals surface area contributed by atoms with E-state index in [4.69, 9.17) is 0 Å². The SMILES string of the molecule is C[S+]([O-])CCn1c(-c2ccccc2)ncc(C(=O)C2=C(O)CCCC2=O)c1=O. The molecule has 7 nitrogen and oxygen atoms in total. The number of nitrogens with zero attached hydrogens (tertiary/aromatic N) is 2. The molecule has 146 valence electrons. The number of carbonyl (C=O) groups is 2. The fourth-order valence-electron chi connectivity index (χ4n) is 3.11. The first-order valence-electron chi connectivity index (χ1n) is 8.85. The molecule has 0 aliphatic heterocycles. The number of ketones is 2. The average molecular weight is 400 g/mol. The van der Waals surface area contributed by atoms with Crippen LogP contribution in [-0.4, -0.2) is 42.8 Å². The highest BCUT2D eigenvalue weighted by molar-refractivity contribution is 7.90. The van der Waals surface area contributed by atoms with Crippen molar-refractivity contribution in [3.8, 4) is 11.4 Å². The minimum atomic E-state index is -1.15. The van der Waals surface area contributed by atoms with E-state index in [-0.39, 0.29) is 42.0 Å². The van der Waals surface area contributed by atoms with Gasteiger partial charge >= 0.3 is 0 Å². The molecule has 1 heterocycles. The zero-order chi connectivity index (χ0) is 20.3. The van der Waals surface area contributed by atoms with Gasteiger partial charge in [-0.15, -0.1) is 0 Å². The van der Waals surface area contributed by atoms with Gasteiger partial charge in [-0.2, -0.15) is 0 Å². The summed E-state index contributed by atoms with van der Waals surface area (Å²) < 4.78 is 12.9. The Labute approximate surface area is 164 Å². The lowest BCUT2D eigenvalue weighted by molar-refractivity contribution is -0.116. The Morgan fingerprint density at radius 3 is 2.61 bits per heavy atom. The Kier molecular flexibility index (Phi) is 6.11. The van der Waals surface area contributed by atoms with Crippen molar-refractivity contribution in [3.63, 3.8) is 0 Å². The second-order valence-corrected chi connectivity index (χ2v) is 8.08. The molecule has 0 saturated carbocycles. The van der Waals surface area contributed by atoms with Crippen LogP contribution in [0.3, 0.4) is 0 Å². The van der Waals surface area contributed by atoms with E-state index in [1.165, 1.54) is 10.8 Å². The summed E-state index contributed by atoms with van der Waals surface area (Å²) in [4.78, 5) is 42.3. The van der Waals surface area contributed by atoms with E-state index < -0.39 is 28.3 Å². The van der Waals surface area contributed by atoms with Crippen LogP contribution in [0, 0.1) is 0 Å². The van der Waals surface area contributed by atoms with Crippen molar-refractivity contribution in [1.29, 1.82) is 0 Å². The van der Waals surface area contributed by atoms with Crippen molar-refractivity contribution in [2.45, 2.75) is 25.8 Å². The topological polar surface area (TPSA) is 112 Å². The van der Waals surface area contributed by atoms with Crippen LogP contribution in [0.2, 0.25) is 0 Å². The minimum Gasteiger partial charge on any atom is -0.617 e. The molecule has 1 unspecified atom stereocenters. The van der Waals surface area contributed by atoms with Gasteiger partial charge in [-0.05, 0) is 6.42 Å². The first-order chi connectivity index (χ1) is 13.4. The maximum atomic E-state index is 13.1. The molecule has 1 aliphatic carbocycles. The quantitative estimate of drug-likeness (QED) is 0.451. The summed E-state index contributed by atoms with van der Waals surface area (Å²) in [6, 6.07) is 8.98. The molecule has 2 aromatic rings. The lowest BCUT2D eigenvalue weighted by atomic mass is 9.91. The molecule has 28 heavy (non-hydrogen) atoms. The fraction of sp³-hybridized carbons (Fsp3) is 0.300. The molecule has 1 N–H and O–H groups in total. The van der Waals surface area contributed by atoms with Gasteiger partial charge in [-0.3, -0.25) is 19.0 Å². The molecule has 0 amide bonds. The van der Waals surface area contributed by atoms with Gasteiger partial charge in [-0.25, -0.2) is 4.98 Å². The molecule has 0 bridgehead atoms. The number of rotatable bonds is 6. The lowest BCUT2D eigenvalue weighted by Crippen LogP contribution is -2.33. The van der Waals surface area contributed by atoms with Gasteiger partial charge in [0.25, 0.3) is 5.56 Å². The van der Waals surface area contributed by atoms with Gasteiger partial charge in [0.1, 0.15) is 28.5 Å². The largest absolute Gasteiger partial charge is 0.617 e. The van der Waals surface area contributed by atoms with E-state index >= 15 is 0 Å². The summed E-state index contributed by atoms with van der Waals surface area (Å²) in [5.41, 5.74) is -0.555. The maximum Gasteiger partial charge on any atom is 0.265 e. The summed E-state index contributed by atoms with van der Waals surface area (Å²) in [6.07, 6.45) is 3.53. The number of allylic oxidation sites excluding steroid dienone is 2. The summed E-state index contributed by atoms with van der Waals surface area (Å²) in [5.74, 6) is -1.01. The number of aliphatic hydroxyl groups excluding tert-OH is 1. The Hall–Kier alpha value is -2.71. The highest BCUT2D eigenvalue weighted by Gasteiger charge is 2.30. The van der Waals surface area contributed by atoms with Crippen LogP contribution < -0.4 is 5.56 Å². The normalized spacial score (nSPS) is 15.6. The molecule has 0 spiro atoms. The molecular formula is C20H20N2O5S. The molecule has 0 fully saturated rings. The number of hydrogen-bond acceptors (Lipinski definition) is 6. The van der Waals surface area contributed by atoms with E-state index in [1.54, 1.807) is 24.3 Å². The van der Waals surface area contributed by atoms with Gasteiger partial charge in [-0.1, -0.05) is 41.5 Å². The molecule has 8 heteroatoms. The predicted octanol–water partition coefficient (Wildman–Crippen LogP) is 2.04. The van der Waals surface area contributed by atoms with Gasteiger partial charge in [0.15, 0.2) is 5.78 Å². The molecule has 1 atom stereocenters. The van der Waals surface area contributed by atoms with Crippen LogP contribution in [-0.2, 0) is 22.5 Å². The second-order valence-electron chi connectivity index (χ2n) is 6.52. The Balaban J connectivity index is 2.11. The molecule has 1 aliphatic rings.